The number of hydrogen-bond donors (Lipinski definition) is 1. The molecular weight excluding hydrogens is 320 g/mol. The van der Waals surface area contributed by atoms with Gasteiger partial charge in [-0.1, -0.05) is 22.9 Å². The number of anilines is 1. The van der Waals surface area contributed by atoms with Gasteiger partial charge in [-0.2, -0.15) is 0 Å². The average molecular weight is 340 g/mol. The summed E-state index contributed by atoms with van der Waals surface area (Å²) in [6, 6.07) is 3.29. The van der Waals surface area contributed by atoms with E-state index in [1.54, 1.807) is 13.8 Å². The Bertz CT molecular complexity index is 1010. The van der Waals surface area contributed by atoms with Gasteiger partial charge in [0, 0.05) is 5.69 Å². The Morgan fingerprint density at radius 1 is 1.20 bits per heavy atom. The number of carbonyl (C=O) groups excluding carboxylic acids is 1. The van der Waals surface area contributed by atoms with Gasteiger partial charge < -0.3 is 9.84 Å². The molecule has 0 saturated carbocycles. The van der Waals surface area contributed by atoms with Gasteiger partial charge in [0.25, 0.3) is 11.3 Å². The number of carbonyl (C=O) groups is 1. The molecular formula is C18H20N4O3. The number of fused-ring (bicyclic) bond motifs is 1. The fourth-order valence-electron chi connectivity index (χ4n) is 3.00. The van der Waals surface area contributed by atoms with Crippen molar-refractivity contribution in [3.8, 4) is 0 Å². The van der Waals surface area contributed by atoms with Crippen molar-refractivity contribution in [1.29, 1.82) is 0 Å². The first-order chi connectivity index (χ1) is 11.8. The van der Waals surface area contributed by atoms with Crippen molar-refractivity contribution >= 4 is 22.7 Å². The minimum atomic E-state index is -0.723. The third-order valence-electron chi connectivity index (χ3n) is 4.31. The van der Waals surface area contributed by atoms with E-state index >= 15 is 0 Å². The van der Waals surface area contributed by atoms with Crippen LogP contribution in [0.25, 0.3) is 11.1 Å². The number of nitrogens with one attached hydrogen (secondary N) is 1. The molecule has 2 aromatic heterocycles. The maximum absolute atomic E-state index is 12.7. The first kappa shape index (κ1) is 16.9. The molecule has 3 aromatic rings. The molecule has 0 aliphatic rings. The van der Waals surface area contributed by atoms with E-state index in [-0.39, 0.29) is 17.2 Å². The van der Waals surface area contributed by atoms with Crippen molar-refractivity contribution in [2.75, 3.05) is 5.32 Å². The third kappa shape index (κ3) is 2.93. The van der Waals surface area contributed by atoms with E-state index in [1.165, 1.54) is 10.9 Å². The first-order valence-corrected chi connectivity index (χ1v) is 8.01. The quantitative estimate of drug-likeness (QED) is 0.792. The molecule has 0 bridgehead atoms. The van der Waals surface area contributed by atoms with Crippen molar-refractivity contribution in [2.45, 2.75) is 40.7 Å². The van der Waals surface area contributed by atoms with Crippen LogP contribution in [0.4, 0.5) is 5.69 Å². The van der Waals surface area contributed by atoms with Crippen molar-refractivity contribution in [3.63, 3.8) is 0 Å². The molecule has 25 heavy (non-hydrogen) atoms. The molecule has 7 heteroatoms. The number of amides is 1. The Kier molecular flexibility index (Phi) is 4.16. The molecule has 1 N–H and O–H groups in total. The Morgan fingerprint density at radius 2 is 1.84 bits per heavy atom. The van der Waals surface area contributed by atoms with Crippen LogP contribution in [-0.2, 0) is 4.79 Å². The minimum absolute atomic E-state index is 0.177. The zero-order chi connectivity index (χ0) is 18.3. The number of nitrogens with zero attached hydrogens (tertiary/aromatic N) is 3. The number of benzene rings is 1. The molecule has 0 fully saturated rings. The SMILES string of the molecule is Cc1cc(C)c(NC(=O)C(C)n2cnc3onc(C)c3c2=O)c(C)c1. The highest BCUT2D eigenvalue weighted by atomic mass is 16.5. The van der Waals surface area contributed by atoms with Gasteiger partial charge in [0.15, 0.2) is 0 Å². The summed E-state index contributed by atoms with van der Waals surface area (Å²) in [5, 5.41) is 6.97. The normalized spacial score (nSPS) is 12.4. The topological polar surface area (TPSA) is 90.0 Å². The Balaban J connectivity index is 1.95. The van der Waals surface area contributed by atoms with Crippen molar-refractivity contribution in [2.24, 2.45) is 0 Å². The fourth-order valence-corrected chi connectivity index (χ4v) is 3.00. The number of hydrogen-bond acceptors (Lipinski definition) is 5. The molecule has 1 atom stereocenters. The smallest absolute Gasteiger partial charge is 0.267 e. The first-order valence-electron chi connectivity index (χ1n) is 8.01. The predicted octanol–water partition coefficient (Wildman–Crippen LogP) is 2.82. The van der Waals surface area contributed by atoms with Crippen molar-refractivity contribution < 1.29 is 9.32 Å². The van der Waals surface area contributed by atoms with E-state index in [4.69, 9.17) is 4.52 Å². The van der Waals surface area contributed by atoms with E-state index in [0.717, 1.165) is 22.4 Å². The summed E-state index contributed by atoms with van der Waals surface area (Å²) in [7, 11) is 0. The van der Waals surface area contributed by atoms with Crippen LogP contribution in [0.15, 0.2) is 27.8 Å². The summed E-state index contributed by atoms with van der Waals surface area (Å²) >= 11 is 0. The lowest BCUT2D eigenvalue weighted by atomic mass is 10.0. The second-order valence-corrected chi connectivity index (χ2v) is 6.34. The van der Waals surface area contributed by atoms with Crippen LogP contribution in [0, 0.1) is 27.7 Å². The van der Waals surface area contributed by atoms with E-state index in [1.807, 2.05) is 32.9 Å². The Labute approximate surface area is 144 Å². The van der Waals surface area contributed by atoms with Crippen molar-refractivity contribution in [1.82, 2.24) is 14.7 Å². The second-order valence-electron chi connectivity index (χ2n) is 6.34. The van der Waals surface area contributed by atoms with Crippen LogP contribution in [0.1, 0.15) is 35.3 Å². The van der Waals surface area contributed by atoms with Gasteiger partial charge in [-0.3, -0.25) is 14.2 Å². The van der Waals surface area contributed by atoms with Crippen LogP contribution < -0.4 is 10.9 Å². The van der Waals surface area contributed by atoms with Gasteiger partial charge in [0.05, 0.1) is 5.69 Å². The standard InChI is InChI=1S/C18H20N4O3/c1-9-6-10(2)15(11(3)7-9)20-16(23)13(5)22-8-19-17-14(18(22)24)12(4)21-25-17/h6-8,13H,1-5H3,(H,20,23). The van der Waals surface area contributed by atoms with Gasteiger partial charge in [0.2, 0.25) is 5.91 Å². The molecule has 1 aromatic carbocycles. The summed E-state index contributed by atoms with van der Waals surface area (Å²) < 4.78 is 6.28. The molecule has 3 rings (SSSR count). The van der Waals surface area contributed by atoms with Gasteiger partial charge in [-0.25, -0.2) is 4.98 Å². The van der Waals surface area contributed by atoms with Gasteiger partial charge in [0.1, 0.15) is 17.8 Å². The molecule has 0 saturated heterocycles. The van der Waals surface area contributed by atoms with Crippen molar-refractivity contribution in [3.05, 3.63) is 51.2 Å². The molecule has 0 spiro atoms. The molecule has 1 amide bonds. The second kappa shape index (κ2) is 6.16. The molecule has 0 aliphatic heterocycles. The van der Waals surface area contributed by atoms with E-state index in [0.29, 0.717) is 11.1 Å². The zero-order valence-electron chi connectivity index (χ0n) is 14.9. The summed E-state index contributed by atoms with van der Waals surface area (Å²) in [4.78, 5) is 29.4. The highest BCUT2D eigenvalue weighted by molar-refractivity contribution is 5.95. The summed E-state index contributed by atoms with van der Waals surface area (Å²) in [5.41, 5.74) is 4.16. The zero-order valence-corrected chi connectivity index (χ0v) is 14.9. The molecule has 0 aliphatic carbocycles. The number of aromatic nitrogens is 3. The predicted molar refractivity (Wildman–Crippen MR) is 94.8 cm³/mol. The lowest BCUT2D eigenvalue weighted by Crippen LogP contribution is -2.32. The fraction of sp³-hybridized carbons (Fsp3) is 0.333. The van der Waals surface area contributed by atoms with Gasteiger partial charge >= 0.3 is 0 Å². The lowest BCUT2D eigenvalue weighted by Gasteiger charge is -2.17. The summed E-state index contributed by atoms with van der Waals surface area (Å²) in [5.74, 6) is -0.285. The van der Waals surface area contributed by atoms with E-state index in [2.05, 4.69) is 15.5 Å². The molecule has 0 radical (unpaired) electrons. The summed E-state index contributed by atoms with van der Waals surface area (Å²) in [6.45, 7) is 9.23. The number of aryl methyl sites for hydroxylation is 4. The average Bonchev–Trinajstić information content (AvgIpc) is 2.92. The molecule has 130 valence electrons. The van der Waals surface area contributed by atoms with Crippen LogP contribution >= 0.6 is 0 Å². The third-order valence-corrected chi connectivity index (χ3v) is 4.31. The van der Waals surface area contributed by atoms with Crippen LogP contribution in [0.5, 0.6) is 0 Å². The number of rotatable bonds is 3. The largest absolute Gasteiger partial charge is 0.335 e. The summed E-state index contributed by atoms with van der Waals surface area (Å²) in [6.07, 6.45) is 1.31. The van der Waals surface area contributed by atoms with Gasteiger partial charge in [-0.15, -0.1) is 0 Å². The highest BCUT2D eigenvalue weighted by Gasteiger charge is 2.21. The molecule has 2 heterocycles. The van der Waals surface area contributed by atoms with Crippen LogP contribution in [-0.4, -0.2) is 20.6 Å². The monoisotopic (exact) mass is 340 g/mol. The lowest BCUT2D eigenvalue weighted by molar-refractivity contribution is -0.118. The Morgan fingerprint density at radius 3 is 2.48 bits per heavy atom. The van der Waals surface area contributed by atoms with Gasteiger partial charge in [-0.05, 0) is 45.7 Å². The molecule has 1 unspecified atom stereocenters. The Hall–Kier alpha value is -2.96. The van der Waals surface area contributed by atoms with E-state index < -0.39 is 6.04 Å². The maximum Gasteiger partial charge on any atom is 0.267 e. The van der Waals surface area contributed by atoms with Crippen LogP contribution in [0.3, 0.4) is 0 Å². The minimum Gasteiger partial charge on any atom is -0.335 e. The van der Waals surface area contributed by atoms with E-state index in [9.17, 15) is 9.59 Å². The maximum atomic E-state index is 12.7. The van der Waals surface area contributed by atoms with Crippen LogP contribution in [0.2, 0.25) is 0 Å². The highest BCUT2D eigenvalue weighted by Crippen LogP contribution is 2.23. The molecule has 7 nitrogen and oxygen atoms in total.